The molecule has 2 nitrogen and oxygen atoms in total. The third kappa shape index (κ3) is 1.10. The second kappa shape index (κ2) is 3.14. The van der Waals surface area contributed by atoms with E-state index in [0.29, 0.717) is 0 Å². The Labute approximate surface area is 99.3 Å². The van der Waals surface area contributed by atoms with Gasteiger partial charge < -0.3 is 0 Å². The van der Waals surface area contributed by atoms with Gasteiger partial charge in [-0.05, 0) is 16.7 Å². The van der Waals surface area contributed by atoms with Gasteiger partial charge in [-0.25, -0.2) is 0 Å². The Balaban J connectivity index is 2.12. The minimum absolute atomic E-state index is 0.237. The predicted molar refractivity (Wildman–Crippen MR) is 69.6 cm³/mol. The van der Waals surface area contributed by atoms with E-state index in [1.165, 1.54) is 22.3 Å². The first kappa shape index (κ1) is 8.88. The van der Waals surface area contributed by atoms with E-state index in [1.54, 1.807) is 0 Å². The Kier molecular flexibility index (Phi) is 1.64. The van der Waals surface area contributed by atoms with Crippen molar-refractivity contribution >= 4 is 11.9 Å². The van der Waals surface area contributed by atoms with Crippen LogP contribution in [0.25, 0.3) is 11.1 Å². The number of benzene rings is 2. The van der Waals surface area contributed by atoms with Crippen molar-refractivity contribution in [2.45, 2.75) is 5.92 Å². The van der Waals surface area contributed by atoms with E-state index in [4.69, 9.17) is 0 Å². The molecule has 0 bridgehead atoms. The molecule has 2 aromatic rings. The number of hydrogen-bond acceptors (Lipinski definition) is 2. The molecule has 0 fully saturated rings. The molecule has 1 aliphatic carbocycles. The Hall–Kier alpha value is -2.22. The predicted octanol–water partition coefficient (Wildman–Crippen LogP) is 3.24. The Bertz CT molecular complexity index is 668. The smallest absolute Gasteiger partial charge is 0.0838 e. The molecule has 0 saturated heterocycles. The molecular weight excluding hydrogens is 208 g/mol. The fourth-order valence-corrected chi connectivity index (χ4v) is 2.70. The van der Waals surface area contributed by atoms with E-state index >= 15 is 0 Å². The van der Waals surface area contributed by atoms with Gasteiger partial charge in [-0.1, -0.05) is 48.5 Å². The van der Waals surface area contributed by atoms with Gasteiger partial charge in [-0.15, -0.1) is 0 Å². The molecule has 0 radical (unpaired) electrons. The monoisotopic (exact) mass is 218 g/mol. The number of fused-ring (bicyclic) bond motifs is 6. The van der Waals surface area contributed by atoms with Crippen LogP contribution in [0.15, 0.2) is 58.7 Å². The van der Waals surface area contributed by atoms with Crippen LogP contribution in [0, 0.1) is 0 Å². The highest BCUT2D eigenvalue weighted by Gasteiger charge is 2.30. The Morgan fingerprint density at radius 3 is 2.35 bits per heavy atom. The van der Waals surface area contributed by atoms with Crippen molar-refractivity contribution < 1.29 is 0 Å². The van der Waals surface area contributed by atoms with Gasteiger partial charge in [-0.3, -0.25) is 0 Å². The lowest BCUT2D eigenvalue weighted by Crippen LogP contribution is -2.18. The molecule has 2 heteroatoms. The summed E-state index contributed by atoms with van der Waals surface area (Å²) in [5.74, 6) is 0.237. The van der Waals surface area contributed by atoms with Gasteiger partial charge in [0.25, 0.3) is 0 Å². The molecular formula is C15H10N2. The van der Waals surface area contributed by atoms with Crippen molar-refractivity contribution in [2.24, 2.45) is 10.2 Å². The molecule has 0 amide bonds. The van der Waals surface area contributed by atoms with Crippen molar-refractivity contribution in [2.75, 3.05) is 0 Å². The molecule has 17 heavy (non-hydrogen) atoms. The van der Waals surface area contributed by atoms with Crippen molar-refractivity contribution in [3.8, 4) is 11.1 Å². The van der Waals surface area contributed by atoms with Gasteiger partial charge in [0.2, 0.25) is 0 Å². The van der Waals surface area contributed by atoms with Crippen LogP contribution in [-0.4, -0.2) is 11.9 Å². The van der Waals surface area contributed by atoms with Gasteiger partial charge in [0.15, 0.2) is 0 Å². The summed E-state index contributed by atoms with van der Waals surface area (Å²) in [6.07, 6.45) is 1.93. The molecule has 1 heterocycles. The first-order valence-electron chi connectivity index (χ1n) is 5.75. The minimum atomic E-state index is 0.237. The third-order valence-electron chi connectivity index (χ3n) is 3.46. The number of hydrogen-bond donors (Lipinski definition) is 0. The van der Waals surface area contributed by atoms with Gasteiger partial charge in [0.1, 0.15) is 0 Å². The molecule has 0 N–H and O–H groups in total. The molecule has 1 atom stereocenters. The van der Waals surface area contributed by atoms with E-state index in [9.17, 15) is 0 Å². The van der Waals surface area contributed by atoms with E-state index in [2.05, 4.69) is 58.7 Å². The summed E-state index contributed by atoms with van der Waals surface area (Å²) >= 11 is 0. The van der Waals surface area contributed by atoms with Crippen LogP contribution in [-0.2, 0) is 0 Å². The molecule has 0 saturated carbocycles. The molecule has 1 aliphatic heterocycles. The number of nitrogens with zero attached hydrogens (tertiary/aromatic N) is 2. The molecule has 80 valence electrons. The maximum atomic E-state index is 4.28. The standard InChI is InChI=1S/C15H10N2/c1-2-7-12-10(5-1)11-6-3-4-8-13(11)15-14(12)9-16-17-15/h1-9,14H. The van der Waals surface area contributed by atoms with Crippen LogP contribution in [0.5, 0.6) is 0 Å². The molecule has 1 unspecified atom stereocenters. The fraction of sp³-hybridized carbons (Fsp3) is 0.0667. The highest BCUT2D eigenvalue weighted by atomic mass is 15.2. The van der Waals surface area contributed by atoms with Crippen LogP contribution in [0.2, 0.25) is 0 Å². The Morgan fingerprint density at radius 2 is 1.47 bits per heavy atom. The van der Waals surface area contributed by atoms with Gasteiger partial charge >= 0.3 is 0 Å². The summed E-state index contributed by atoms with van der Waals surface area (Å²) in [4.78, 5) is 0. The quantitative estimate of drug-likeness (QED) is 0.648. The highest BCUT2D eigenvalue weighted by Crippen LogP contribution is 2.40. The lowest BCUT2D eigenvalue weighted by Gasteiger charge is -2.24. The summed E-state index contributed by atoms with van der Waals surface area (Å²) < 4.78 is 0. The molecule has 4 rings (SSSR count). The summed E-state index contributed by atoms with van der Waals surface area (Å²) in [6, 6.07) is 16.9. The molecule has 2 aliphatic rings. The second-order valence-corrected chi connectivity index (χ2v) is 4.36. The number of rotatable bonds is 0. The fourth-order valence-electron chi connectivity index (χ4n) is 2.70. The maximum Gasteiger partial charge on any atom is 0.0838 e. The third-order valence-corrected chi connectivity index (χ3v) is 3.46. The highest BCUT2D eigenvalue weighted by molar-refractivity contribution is 6.21. The molecule has 2 aromatic carbocycles. The lowest BCUT2D eigenvalue weighted by molar-refractivity contribution is 1.22. The topological polar surface area (TPSA) is 24.7 Å². The second-order valence-electron chi connectivity index (χ2n) is 4.36. The van der Waals surface area contributed by atoms with Gasteiger partial charge in [0, 0.05) is 11.8 Å². The summed E-state index contributed by atoms with van der Waals surface area (Å²) in [5, 5.41) is 8.37. The zero-order chi connectivity index (χ0) is 11.2. The average Bonchev–Trinajstić information content (AvgIpc) is 2.89. The largest absolute Gasteiger partial charge is 0.162 e. The van der Waals surface area contributed by atoms with Crippen LogP contribution in [0.3, 0.4) is 0 Å². The van der Waals surface area contributed by atoms with Crippen LogP contribution in [0.4, 0.5) is 0 Å². The first-order valence-corrected chi connectivity index (χ1v) is 5.75. The summed E-state index contributed by atoms with van der Waals surface area (Å²) in [6.45, 7) is 0. The molecule has 0 spiro atoms. The van der Waals surface area contributed by atoms with Crippen molar-refractivity contribution in [3.63, 3.8) is 0 Å². The van der Waals surface area contributed by atoms with Crippen molar-refractivity contribution in [1.29, 1.82) is 0 Å². The Morgan fingerprint density at radius 1 is 0.765 bits per heavy atom. The van der Waals surface area contributed by atoms with Crippen molar-refractivity contribution in [3.05, 3.63) is 59.7 Å². The maximum absolute atomic E-state index is 4.28. The van der Waals surface area contributed by atoms with Gasteiger partial charge in [0.05, 0.1) is 11.6 Å². The SMILES string of the molecule is C1=NN=C2c3ccccc3-c3ccccc3C12. The van der Waals surface area contributed by atoms with E-state index in [1.807, 2.05) is 6.21 Å². The van der Waals surface area contributed by atoms with Crippen LogP contribution >= 0.6 is 0 Å². The van der Waals surface area contributed by atoms with Crippen molar-refractivity contribution in [1.82, 2.24) is 0 Å². The molecule has 0 aromatic heterocycles. The summed E-state index contributed by atoms with van der Waals surface area (Å²) in [7, 11) is 0. The van der Waals surface area contributed by atoms with Gasteiger partial charge in [-0.2, -0.15) is 10.2 Å². The minimum Gasteiger partial charge on any atom is -0.162 e. The lowest BCUT2D eigenvalue weighted by atomic mass is 9.78. The van der Waals surface area contributed by atoms with E-state index in [-0.39, 0.29) is 5.92 Å². The average molecular weight is 218 g/mol. The summed E-state index contributed by atoms with van der Waals surface area (Å²) in [5.41, 5.74) is 6.18. The first-order chi connectivity index (χ1) is 8.45. The van der Waals surface area contributed by atoms with Crippen LogP contribution in [0.1, 0.15) is 17.0 Å². The normalized spacial score (nSPS) is 19.3. The van der Waals surface area contributed by atoms with Crippen LogP contribution < -0.4 is 0 Å². The van der Waals surface area contributed by atoms with E-state index in [0.717, 1.165) is 5.71 Å². The zero-order valence-corrected chi connectivity index (χ0v) is 9.17. The van der Waals surface area contributed by atoms with E-state index < -0.39 is 0 Å². The zero-order valence-electron chi connectivity index (χ0n) is 9.17.